The van der Waals surface area contributed by atoms with Crippen LogP contribution in [0.15, 0.2) is 30.3 Å². The molecule has 0 aromatic heterocycles. The van der Waals surface area contributed by atoms with Gasteiger partial charge in [-0.1, -0.05) is 18.2 Å². The fraction of sp³-hybridized carbons (Fsp3) is 0.750. The summed E-state index contributed by atoms with van der Waals surface area (Å²) in [5, 5.41) is 40.4. The van der Waals surface area contributed by atoms with Gasteiger partial charge in [-0.2, -0.15) is 0 Å². The summed E-state index contributed by atoms with van der Waals surface area (Å²) >= 11 is 0. The molecular formula is C32H43NO11. The Bertz CT molecular complexity index is 1310. The molecule has 0 radical (unpaired) electrons. The molecule has 1 saturated heterocycles. The molecule has 0 amide bonds. The van der Waals surface area contributed by atoms with Gasteiger partial charge in [0, 0.05) is 83.0 Å². The standard InChI is InChI=1S/C32H43NO11/c1-15(34)44-32-20-17(12-30(38,27(42-5)25(32)36)26(20)43-28(37)16-9-7-6-8-10-16)31-19(40-3)11-18(35)29(14-39-2)13-33-24(31)21(32)22(41-4)23(29)31/h6-10,17-27,33,35-36,38H,11-14H2,1-5H3/t17-,18-,19?,20-,21?,22?,23-,24?,25+,26-,27?,29+,30+,31?,32-/m0/s1. The molecule has 15 atom stereocenters. The minimum atomic E-state index is -1.83. The Balaban J connectivity index is 1.50. The van der Waals surface area contributed by atoms with E-state index in [1.54, 1.807) is 51.7 Å². The second kappa shape index (κ2) is 10.2. The van der Waals surface area contributed by atoms with Gasteiger partial charge in [0.2, 0.25) is 0 Å². The van der Waals surface area contributed by atoms with Gasteiger partial charge < -0.3 is 49.1 Å². The van der Waals surface area contributed by atoms with Crippen LogP contribution in [0.2, 0.25) is 0 Å². The van der Waals surface area contributed by atoms with Crippen molar-refractivity contribution in [3.05, 3.63) is 35.9 Å². The first kappa shape index (κ1) is 30.5. The largest absolute Gasteiger partial charge is 0.455 e. The number of rotatable bonds is 8. The second-order valence-corrected chi connectivity index (χ2v) is 13.8. The number of esters is 2. The molecule has 7 bridgehead atoms. The summed E-state index contributed by atoms with van der Waals surface area (Å²) in [7, 11) is 6.18. The molecule has 1 aliphatic heterocycles. The highest BCUT2D eigenvalue weighted by Gasteiger charge is 2.91. The van der Waals surface area contributed by atoms with Crippen molar-refractivity contribution in [2.24, 2.45) is 34.5 Å². The number of carbonyl (C=O) groups is 2. The number of aliphatic hydroxyl groups excluding tert-OH is 2. The molecule has 6 fully saturated rings. The van der Waals surface area contributed by atoms with Crippen LogP contribution in [0.4, 0.5) is 0 Å². The number of nitrogens with one attached hydrogen (secondary N) is 1. The first-order valence-corrected chi connectivity index (χ1v) is 15.4. The van der Waals surface area contributed by atoms with E-state index < -0.39 is 94.4 Å². The van der Waals surface area contributed by atoms with Crippen molar-refractivity contribution >= 4 is 11.9 Å². The van der Waals surface area contributed by atoms with Crippen LogP contribution in [0.1, 0.15) is 30.1 Å². The van der Waals surface area contributed by atoms with E-state index >= 15 is 0 Å². The first-order valence-electron chi connectivity index (χ1n) is 15.4. The average Bonchev–Trinajstić information content (AvgIpc) is 3.35. The Hall–Kier alpha value is -2.16. The van der Waals surface area contributed by atoms with E-state index in [9.17, 15) is 24.9 Å². The van der Waals surface area contributed by atoms with Crippen LogP contribution in [0, 0.1) is 34.5 Å². The third-order valence-electron chi connectivity index (χ3n) is 12.6. The zero-order valence-corrected chi connectivity index (χ0v) is 25.7. The van der Waals surface area contributed by atoms with Gasteiger partial charge in [0.1, 0.15) is 23.9 Å². The lowest BCUT2D eigenvalue weighted by molar-refractivity contribution is -0.310. The number of carbonyl (C=O) groups excluding carboxylic acids is 2. The maximum absolute atomic E-state index is 13.6. The monoisotopic (exact) mass is 617 g/mol. The first-order chi connectivity index (χ1) is 21.0. The molecule has 44 heavy (non-hydrogen) atoms. The van der Waals surface area contributed by atoms with Crippen molar-refractivity contribution in [3.8, 4) is 0 Å². The smallest absolute Gasteiger partial charge is 0.338 e. The molecule has 1 spiro atoms. The number of methoxy groups -OCH3 is 4. The van der Waals surface area contributed by atoms with Crippen LogP contribution in [-0.2, 0) is 33.2 Å². The predicted octanol–water partition coefficient (Wildman–Crippen LogP) is -0.0842. The Morgan fingerprint density at radius 1 is 1.00 bits per heavy atom. The van der Waals surface area contributed by atoms with Gasteiger partial charge in [0.05, 0.1) is 30.5 Å². The van der Waals surface area contributed by atoms with Crippen molar-refractivity contribution in [2.75, 3.05) is 41.6 Å². The zero-order chi connectivity index (χ0) is 31.4. The van der Waals surface area contributed by atoms with Crippen LogP contribution in [0.5, 0.6) is 0 Å². The molecule has 242 valence electrons. The maximum Gasteiger partial charge on any atom is 0.338 e. The third kappa shape index (κ3) is 3.36. The quantitative estimate of drug-likeness (QED) is 0.288. The zero-order valence-electron chi connectivity index (χ0n) is 25.7. The summed E-state index contributed by atoms with van der Waals surface area (Å²) < 4.78 is 36.9. The van der Waals surface area contributed by atoms with Gasteiger partial charge in [-0.25, -0.2) is 4.79 Å². The maximum atomic E-state index is 13.6. The highest BCUT2D eigenvalue weighted by molar-refractivity contribution is 5.89. The number of benzene rings is 1. The van der Waals surface area contributed by atoms with Gasteiger partial charge in [-0.15, -0.1) is 0 Å². The number of fused-ring (bicyclic) bond motifs is 2. The van der Waals surface area contributed by atoms with E-state index in [1.807, 2.05) is 0 Å². The van der Waals surface area contributed by atoms with Crippen LogP contribution < -0.4 is 5.32 Å². The second-order valence-electron chi connectivity index (χ2n) is 13.8. The van der Waals surface area contributed by atoms with E-state index in [-0.39, 0.29) is 18.9 Å². The fourth-order valence-corrected chi connectivity index (χ4v) is 11.7. The van der Waals surface area contributed by atoms with Crippen LogP contribution in [0.3, 0.4) is 0 Å². The van der Waals surface area contributed by atoms with E-state index in [0.29, 0.717) is 18.5 Å². The minimum absolute atomic E-state index is 0.0693. The molecule has 4 N–H and O–H groups in total. The molecule has 5 saturated carbocycles. The summed E-state index contributed by atoms with van der Waals surface area (Å²) in [4.78, 5) is 26.7. The Morgan fingerprint density at radius 2 is 1.73 bits per heavy atom. The molecule has 6 aliphatic rings. The molecule has 7 rings (SSSR count). The highest BCUT2D eigenvalue weighted by atomic mass is 16.6. The third-order valence-corrected chi connectivity index (χ3v) is 12.6. The number of aliphatic hydroxyl groups is 3. The Kier molecular flexibility index (Phi) is 7.05. The molecule has 5 aliphatic carbocycles. The molecule has 1 aromatic rings. The Labute approximate surface area is 256 Å². The van der Waals surface area contributed by atoms with Gasteiger partial charge in [-0.3, -0.25) is 4.79 Å². The summed E-state index contributed by atoms with van der Waals surface area (Å²) in [6.45, 7) is 1.91. The van der Waals surface area contributed by atoms with Gasteiger partial charge in [0.15, 0.2) is 5.60 Å². The molecule has 12 heteroatoms. The topological polar surface area (TPSA) is 162 Å². The minimum Gasteiger partial charge on any atom is -0.455 e. The van der Waals surface area contributed by atoms with E-state index in [0.717, 1.165) is 0 Å². The highest BCUT2D eigenvalue weighted by Crippen LogP contribution is 2.79. The molecular weight excluding hydrogens is 574 g/mol. The van der Waals surface area contributed by atoms with E-state index in [2.05, 4.69) is 5.32 Å². The summed E-state index contributed by atoms with van der Waals surface area (Å²) in [6.07, 6.45) is -5.53. The van der Waals surface area contributed by atoms with E-state index in [4.69, 9.17) is 28.4 Å². The molecule has 1 heterocycles. The predicted molar refractivity (Wildman–Crippen MR) is 151 cm³/mol. The lowest BCUT2D eigenvalue weighted by Crippen LogP contribution is -2.81. The number of ether oxygens (including phenoxy) is 6. The number of hydrogen-bond donors (Lipinski definition) is 4. The SMILES string of the molecule is COC[C@@]12CNC3C4C(OC)[C@@H]1C3(C(OC)C[C@@H]2O)[C@H]1C[C@]2(O)C(OC)[C@@H](O)[C@]4(OC(C)=O)[C@@H]1[C@@H]2OC(=O)c1ccccc1. The Morgan fingerprint density at radius 3 is 2.34 bits per heavy atom. The number of hydrogen-bond acceptors (Lipinski definition) is 12. The summed E-state index contributed by atoms with van der Waals surface area (Å²) in [6, 6.07) is 8.08. The van der Waals surface area contributed by atoms with Crippen molar-refractivity contribution in [3.63, 3.8) is 0 Å². The van der Waals surface area contributed by atoms with Crippen molar-refractivity contribution in [1.82, 2.24) is 5.32 Å². The molecule has 1 aromatic carbocycles. The fourth-order valence-electron chi connectivity index (χ4n) is 11.7. The lowest BCUT2D eigenvalue weighted by atomic mass is 9.43. The number of piperidine rings is 1. The molecule has 6 unspecified atom stereocenters. The molecule has 12 nitrogen and oxygen atoms in total. The van der Waals surface area contributed by atoms with Crippen LogP contribution >= 0.6 is 0 Å². The van der Waals surface area contributed by atoms with Crippen molar-refractivity contribution in [1.29, 1.82) is 0 Å². The van der Waals surface area contributed by atoms with Gasteiger partial charge in [-0.05, 0) is 24.5 Å². The van der Waals surface area contributed by atoms with Gasteiger partial charge in [0.25, 0.3) is 0 Å². The summed E-state index contributed by atoms with van der Waals surface area (Å²) in [5.41, 5.74) is -4.81. The van der Waals surface area contributed by atoms with Crippen LogP contribution in [0.25, 0.3) is 0 Å². The van der Waals surface area contributed by atoms with Gasteiger partial charge >= 0.3 is 11.9 Å². The van der Waals surface area contributed by atoms with E-state index in [1.165, 1.54) is 14.0 Å². The lowest BCUT2D eigenvalue weighted by Gasteiger charge is -2.68. The summed E-state index contributed by atoms with van der Waals surface area (Å²) in [5.74, 6) is -3.70. The van der Waals surface area contributed by atoms with Crippen molar-refractivity contribution < 1.29 is 53.3 Å². The normalized spacial score (nSPS) is 51.1. The van der Waals surface area contributed by atoms with Crippen LogP contribution in [-0.4, -0.2) is 123 Å². The van der Waals surface area contributed by atoms with Crippen molar-refractivity contribution in [2.45, 2.75) is 73.6 Å². The average molecular weight is 618 g/mol.